The predicted molar refractivity (Wildman–Crippen MR) is 114 cm³/mol. The summed E-state index contributed by atoms with van der Waals surface area (Å²) < 4.78 is 12.2. The lowest BCUT2D eigenvalue weighted by Gasteiger charge is -2.09. The Morgan fingerprint density at radius 1 is 0.885 bits per heavy atom. The first-order valence-electron chi connectivity index (χ1n) is 9.50. The fourth-order valence-corrected chi connectivity index (χ4v) is 3.72. The van der Waals surface area contributed by atoms with Gasteiger partial charge in [0, 0.05) is 0 Å². The van der Waals surface area contributed by atoms with Gasteiger partial charge < -0.3 is 9.66 Å². The van der Waals surface area contributed by atoms with Crippen molar-refractivity contribution in [2.45, 2.75) is 71.1 Å². The van der Waals surface area contributed by atoms with Crippen molar-refractivity contribution in [3.63, 3.8) is 0 Å². The zero-order valence-corrected chi connectivity index (χ0v) is 17.6. The summed E-state index contributed by atoms with van der Waals surface area (Å²) in [7, 11) is 0. The number of allylic oxidation sites excluding steroid dienone is 6. The Hall–Kier alpha value is -1.45. The van der Waals surface area contributed by atoms with Crippen molar-refractivity contribution in [2.24, 2.45) is 0 Å². The summed E-state index contributed by atoms with van der Waals surface area (Å²) in [6.07, 6.45) is 13.3. The number of hydrogen-bond donors (Lipinski definition) is 1. The molecule has 144 valence electrons. The number of phenolic OH excluding ortho intramolecular Hbond substituents is 1. The second-order valence-electron chi connectivity index (χ2n) is 7.15. The van der Waals surface area contributed by atoms with Gasteiger partial charge in [-0.3, -0.25) is 0 Å². The highest BCUT2D eigenvalue weighted by Crippen LogP contribution is 2.17. The smallest absolute Gasteiger partial charge is 0.152 e. The third-order valence-corrected chi connectivity index (χ3v) is 5.71. The monoisotopic (exact) mass is 374 g/mol. The maximum atomic E-state index is 12.2. The predicted octanol–water partition coefficient (Wildman–Crippen LogP) is 6.70. The molecule has 1 aromatic carbocycles. The fraction of sp³-hybridized carbons (Fsp3) is 0.478. The van der Waals surface area contributed by atoms with Crippen LogP contribution in [0.25, 0.3) is 0 Å². The van der Waals surface area contributed by atoms with Crippen LogP contribution in [0.3, 0.4) is 0 Å². The molecule has 1 rings (SSSR count). The van der Waals surface area contributed by atoms with Crippen LogP contribution in [0.5, 0.6) is 5.75 Å². The Morgan fingerprint density at radius 2 is 1.42 bits per heavy atom. The van der Waals surface area contributed by atoms with Gasteiger partial charge in [0.2, 0.25) is 0 Å². The number of rotatable bonds is 11. The minimum absolute atomic E-state index is 0.213. The van der Waals surface area contributed by atoms with E-state index < -0.39 is 11.2 Å². The van der Waals surface area contributed by atoms with Crippen molar-refractivity contribution in [3.8, 4) is 5.75 Å². The maximum Gasteiger partial charge on any atom is 0.152 e. The number of unbranched alkanes of at least 4 members (excludes halogenated alkanes) is 1. The number of aromatic hydroxyl groups is 1. The molecule has 1 aromatic rings. The van der Waals surface area contributed by atoms with Gasteiger partial charge in [-0.2, -0.15) is 0 Å². The zero-order chi connectivity index (χ0) is 19.4. The standard InChI is InChI=1S/C23H34O2S/c1-19(2)9-7-11-21(4)13-8-12-20(3)10-5-6-18-26(25)23-16-14-22(24)15-17-23/h9-10,13-17,24H,5-8,11-12,18H2,1-4H3/b20-10+,21-13+. The van der Waals surface area contributed by atoms with Gasteiger partial charge in [0.1, 0.15) is 11.5 Å². The molecule has 0 aliphatic carbocycles. The Bertz CT molecular complexity index is 608. The summed E-state index contributed by atoms with van der Waals surface area (Å²) in [5.41, 5.74) is 4.27. The lowest BCUT2D eigenvalue weighted by molar-refractivity contribution is 0.474. The van der Waals surface area contributed by atoms with Crippen molar-refractivity contribution < 1.29 is 9.66 Å². The van der Waals surface area contributed by atoms with Crippen molar-refractivity contribution in [2.75, 3.05) is 5.75 Å². The molecular formula is C23H34O2S. The Kier molecular flexibility index (Phi) is 11.1. The molecule has 26 heavy (non-hydrogen) atoms. The van der Waals surface area contributed by atoms with E-state index >= 15 is 0 Å². The van der Waals surface area contributed by atoms with E-state index in [9.17, 15) is 9.66 Å². The molecule has 0 aromatic heterocycles. The third kappa shape index (κ3) is 10.5. The average molecular weight is 375 g/mol. The Morgan fingerprint density at radius 3 is 2.00 bits per heavy atom. The van der Waals surface area contributed by atoms with Crippen LogP contribution in [0.1, 0.15) is 66.2 Å². The molecule has 0 radical (unpaired) electrons. The summed E-state index contributed by atoms with van der Waals surface area (Å²) in [5.74, 6) is 0.878. The van der Waals surface area contributed by atoms with Gasteiger partial charge in [-0.15, -0.1) is 0 Å². The van der Waals surface area contributed by atoms with Gasteiger partial charge >= 0.3 is 0 Å². The number of hydrogen-bond acceptors (Lipinski definition) is 2. The molecule has 2 nitrogen and oxygen atoms in total. The average Bonchev–Trinajstić information content (AvgIpc) is 2.59. The van der Waals surface area contributed by atoms with E-state index in [4.69, 9.17) is 0 Å². The number of benzene rings is 1. The minimum Gasteiger partial charge on any atom is -0.611 e. The molecule has 0 aliphatic rings. The molecule has 1 atom stereocenters. The van der Waals surface area contributed by atoms with E-state index in [1.807, 2.05) is 0 Å². The van der Waals surface area contributed by atoms with E-state index in [1.54, 1.807) is 24.3 Å². The van der Waals surface area contributed by atoms with Gasteiger partial charge in [0.15, 0.2) is 4.90 Å². The second kappa shape index (κ2) is 12.8. The highest BCUT2D eigenvalue weighted by atomic mass is 32.2. The summed E-state index contributed by atoms with van der Waals surface area (Å²) in [6.45, 7) is 8.70. The van der Waals surface area contributed by atoms with Crippen LogP contribution in [0.4, 0.5) is 0 Å². The molecule has 0 spiro atoms. The minimum atomic E-state index is -0.979. The van der Waals surface area contributed by atoms with E-state index in [1.165, 1.54) is 16.7 Å². The third-order valence-electron chi connectivity index (χ3n) is 4.25. The van der Waals surface area contributed by atoms with Gasteiger partial charge in [-0.1, -0.05) is 34.9 Å². The van der Waals surface area contributed by atoms with Crippen molar-refractivity contribution in [1.29, 1.82) is 0 Å². The largest absolute Gasteiger partial charge is 0.611 e. The van der Waals surface area contributed by atoms with E-state index in [0.717, 1.165) is 43.4 Å². The lowest BCUT2D eigenvalue weighted by Crippen LogP contribution is -2.06. The molecule has 1 N–H and O–H groups in total. The second-order valence-corrected chi connectivity index (χ2v) is 8.72. The normalized spacial score (nSPS) is 13.6. The van der Waals surface area contributed by atoms with Crippen LogP contribution >= 0.6 is 0 Å². The van der Waals surface area contributed by atoms with E-state index in [-0.39, 0.29) is 5.75 Å². The molecule has 0 saturated carbocycles. The molecule has 0 fully saturated rings. The van der Waals surface area contributed by atoms with Gasteiger partial charge in [0.05, 0.1) is 0 Å². The first-order chi connectivity index (χ1) is 12.4. The molecule has 0 aliphatic heterocycles. The van der Waals surface area contributed by atoms with Crippen LogP contribution in [0.15, 0.2) is 64.1 Å². The highest BCUT2D eigenvalue weighted by Gasteiger charge is 2.09. The quantitative estimate of drug-likeness (QED) is 0.266. The van der Waals surface area contributed by atoms with Crippen LogP contribution in [0, 0.1) is 0 Å². The SMILES string of the molecule is CC(C)=CCC/C(C)=C/CC/C(C)=C/CCC[S+]([O-])c1ccc(O)cc1. The summed E-state index contributed by atoms with van der Waals surface area (Å²) in [4.78, 5) is 0.789. The number of phenols is 1. The van der Waals surface area contributed by atoms with Crippen molar-refractivity contribution >= 4 is 11.2 Å². The molecular weight excluding hydrogens is 340 g/mol. The molecule has 3 heteroatoms. The van der Waals surface area contributed by atoms with Crippen LogP contribution in [-0.4, -0.2) is 15.4 Å². The van der Waals surface area contributed by atoms with Gasteiger partial charge in [0.25, 0.3) is 0 Å². The summed E-state index contributed by atoms with van der Waals surface area (Å²) in [5, 5.41) is 9.27. The lowest BCUT2D eigenvalue weighted by atomic mass is 10.1. The van der Waals surface area contributed by atoms with Crippen LogP contribution in [0.2, 0.25) is 0 Å². The summed E-state index contributed by atoms with van der Waals surface area (Å²) >= 11 is -0.979. The molecule has 0 saturated heterocycles. The first kappa shape index (κ1) is 22.6. The van der Waals surface area contributed by atoms with Crippen LogP contribution in [-0.2, 0) is 11.2 Å². The van der Waals surface area contributed by atoms with Gasteiger partial charge in [-0.05, 0) is 102 Å². The Balaban J connectivity index is 2.23. The van der Waals surface area contributed by atoms with E-state index in [2.05, 4.69) is 45.9 Å². The highest BCUT2D eigenvalue weighted by molar-refractivity contribution is 7.91. The topological polar surface area (TPSA) is 43.3 Å². The Labute approximate surface area is 162 Å². The zero-order valence-electron chi connectivity index (χ0n) is 16.8. The summed E-state index contributed by atoms with van der Waals surface area (Å²) in [6, 6.07) is 6.65. The fourth-order valence-electron chi connectivity index (χ4n) is 2.62. The van der Waals surface area contributed by atoms with E-state index in [0.29, 0.717) is 5.75 Å². The molecule has 0 heterocycles. The van der Waals surface area contributed by atoms with Crippen molar-refractivity contribution in [1.82, 2.24) is 0 Å². The first-order valence-corrected chi connectivity index (χ1v) is 10.8. The van der Waals surface area contributed by atoms with Crippen molar-refractivity contribution in [3.05, 3.63) is 59.2 Å². The molecule has 0 bridgehead atoms. The molecule has 1 unspecified atom stereocenters. The van der Waals surface area contributed by atoms with Gasteiger partial charge in [-0.25, -0.2) is 0 Å². The maximum absolute atomic E-state index is 12.2. The molecule has 0 amide bonds. The van der Waals surface area contributed by atoms with Crippen LogP contribution < -0.4 is 0 Å².